The van der Waals surface area contributed by atoms with Crippen LogP contribution >= 0.6 is 0 Å². The highest BCUT2D eigenvalue weighted by Gasteiger charge is 2.41. The van der Waals surface area contributed by atoms with Gasteiger partial charge in [-0.3, -0.25) is 4.79 Å². The average Bonchev–Trinajstić information content (AvgIpc) is 3.25. The second kappa shape index (κ2) is 7.88. The highest BCUT2D eigenvalue weighted by molar-refractivity contribution is 6.06. The van der Waals surface area contributed by atoms with Gasteiger partial charge < -0.3 is 14.6 Å². The number of aromatic amines is 1. The van der Waals surface area contributed by atoms with Crippen LogP contribution in [-0.2, 0) is 11.2 Å². The number of halogens is 1. The van der Waals surface area contributed by atoms with E-state index in [4.69, 9.17) is 4.74 Å². The minimum atomic E-state index is -0.186. The maximum absolute atomic E-state index is 13.2. The molecule has 5 rings (SSSR count). The van der Waals surface area contributed by atoms with Crippen LogP contribution in [0.4, 0.5) is 4.39 Å². The van der Waals surface area contributed by atoms with E-state index >= 15 is 0 Å². The third-order valence-electron chi connectivity index (χ3n) is 6.82. The number of piperidine rings is 1. The number of nitrogens with one attached hydrogen (secondary N) is 1. The summed E-state index contributed by atoms with van der Waals surface area (Å²) in [5.74, 6) is 0.461. The Morgan fingerprint density at radius 2 is 1.93 bits per heavy atom. The Morgan fingerprint density at radius 1 is 1.13 bits per heavy atom. The second-order valence-electron chi connectivity index (χ2n) is 8.76. The molecule has 2 aliphatic heterocycles. The smallest absolute Gasteiger partial charge is 0.254 e. The summed E-state index contributed by atoms with van der Waals surface area (Å²) < 4.78 is 19.5. The number of hydrogen-bond acceptors (Lipinski definition) is 2. The van der Waals surface area contributed by atoms with E-state index in [9.17, 15) is 9.18 Å². The maximum atomic E-state index is 13.2. The maximum Gasteiger partial charge on any atom is 0.254 e. The predicted molar refractivity (Wildman–Crippen MR) is 115 cm³/mol. The van der Waals surface area contributed by atoms with Gasteiger partial charge in [-0.05, 0) is 73.9 Å². The van der Waals surface area contributed by atoms with Gasteiger partial charge in [-0.2, -0.15) is 0 Å². The molecule has 1 amide bonds. The molecule has 2 aromatic carbocycles. The fourth-order valence-corrected chi connectivity index (χ4v) is 5.17. The zero-order valence-electron chi connectivity index (χ0n) is 17.1. The van der Waals surface area contributed by atoms with Gasteiger partial charge in [-0.1, -0.05) is 18.2 Å². The first-order valence-electron chi connectivity index (χ1n) is 10.9. The van der Waals surface area contributed by atoms with Crippen LogP contribution in [0.2, 0.25) is 0 Å². The van der Waals surface area contributed by atoms with Crippen LogP contribution < -0.4 is 0 Å². The van der Waals surface area contributed by atoms with Crippen molar-refractivity contribution in [1.29, 1.82) is 0 Å². The molecule has 2 aliphatic rings. The van der Waals surface area contributed by atoms with Crippen molar-refractivity contribution >= 4 is 16.8 Å². The normalized spacial score (nSPS) is 21.2. The SMILES string of the molecule is O=C(c1cccc2[nH]ccc12)N1CCC2(CC1)CC(Cc1ccc(F)cc1)CCO2. The van der Waals surface area contributed by atoms with Crippen LogP contribution in [0, 0.1) is 11.7 Å². The van der Waals surface area contributed by atoms with E-state index in [0.29, 0.717) is 5.92 Å². The molecule has 1 unspecified atom stereocenters. The molecule has 30 heavy (non-hydrogen) atoms. The molecule has 0 radical (unpaired) electrons. The summed E-state index contributed by atoms with van der Waals surface area (Å²) in [5, 5.41) is 0.982. The molecule has 156 valence electrons. The monoisotopic (exact) mass is 406 g/mol. The molecule has 1 atom stereocenters. The van der Waals surface area contributed by atoms with E-state index in [2.05, 4.69) is 4.98 Å². The van der Waals surface area contributed by atoms with E-state index in [1.165, 1.54) is 5.56 Å². The number of benzene rings is 2. The van der Waals surface area contributed by atoms with E-state index in [0.717, 1.165) is 68.3 Å². The number of nitrogens with zero attached hydrogens (tertiary/aromatic N) is 1. The Morgan fingerprint density at radius 3 is 2.73 bits per heavy atom. The minimum absolute atomic E-state index is 0.105. The molecule has 1 spiro atoms. The topological polar surface area (TPSA) is 45.3 Å². The van der Waals surface area contributed by atoms with E-state index < -0.39 is 0 Å². The number of fused-ring (bicyclic) bond motifs is 1. The Kier molecular flexibility index (Phi) is 5.07. The molecule has 1 N–H and O–H groups in total. The summed E-state index contributed by atoms with van der Waals surface area (Å²) in [4.78, 5) is 18.3. The van der Waals surface area contributed by atoms with Gasteiger partial charge >= 0.3 is 0 Å². The molecule has 0 saturated carbocycles. The highest BCUT2D eigenvalue weighted by Crippen LogP contribution is 2.39. The molecule has 5 heteroatoms. The van der Waals surface area contributed by atoms with E-state index in [1.54, 1.807) is 12.1 Å². The highest BCUT2D eigenvalue weighted by atomic mass is 19.1. The van der Waals surface area contributed by atoms with Crippen molar-refractivity contribution in [3.8, 4) is 0 Å². The van der Waals surface area contributed by atoms with E-state index in [-0.39, 0.29) is 17.3 Å². The third-order valence-corrected chi connectivity index (χ3v) is 6.82. The van der Waals surface area contributed by atoms with Crippen LogP contribution in [-0.4, -0.2) is 41.1 Å². The number of amides is 1. The number of hydrogen-bond donors (Lipinski definition) is 1. The summed E-state index contributed by atoms with van der Waals surface area (Å²) in [6.45, 7) is 2.22. The van der Waals surface area contributed by atoms with Crippen LogP contribution in [0.1, 0.15) is 41.6 Å². The van der Waals surface area contributed by atoms with Gasteiger partial charge in [-0.25, -0.2) is 4.39 Å². The Balaban J connectivity index is 1.24. The lowest BCUT2D eigenvalue weighted by molar-refractivity contribution is -0.123. The van der Waals surface area contributed by atoms with Crippen molar-refractivity contribution in [3.63, 3.8) is 0 Å². The lowest BCUT2D eigenvalue weighted by Gasteiger charge is -2.46. The van der Waals surface area contributed by atoms with E-state index in [1.807, 2.05) is 47.5 Å². The molecular weight excluding hydrogens is 379 g/mol. The van der Waals surface area contributed by atoms with Crippen molar-refractivity contribution in [2.75, 3.05) is 19.7 Å². The molecule has 4 nitrogen and oxygen atoms in total. The Hall–Kier alpha value is -2.66. The molecule has 3 aromatic rings. The van der Waals surface area contributed by atoms with Crippen LogP contribution in [0.3, 0.4) is 0 Å². The van der Waals surface area contributed by atoms with Gasteiger partial charge in [0, 0.05) is 42.4 Å². The number of carbonyl (C=O) groups excluding carboxylic acids is 1. The van der Waals surface area contributed by atoms with Gasteiger partial charge in [0.05, 0.1) is 5.60 Å². The molecule has 2 saturated heterocycles. The predicted octanol–water partition coefficient (Wildman–Crippen LogP) is 4.95. The summed E-state index contributed by atoms with van der Waals surface area (Å²) in [6.07, 6.45) is 6.65. The van der Waals surface area contributed by atoms with Gasteiger partial charge in [0.15, 0.2) is 0 Å². The molecule has 0 bridgehead atoms. The molecule has 3 heterocycles. The van der Waals surface area contributed by atoms with Crippen LogP contribution in [0.5, 0.6) is 0 Å². The largest absolute Gasteiger partial charge is 0.375 e. The fraction of sp³-hybridized carbons (Fsp3) is 0.400. The quantitative estimate of drug-likeness (QED) is 0.669. The number of carbonyl (C=O) groups is 1. The lowest BCUT2D eigenvalue weighted by Crippen LogP contribution is -2.51. The number of aromatic nitrogens is 1. The number of likely N-dealkylation sites (tertiary alicyclic amines) is 1. The first kappa shape index (κ1) is 19.3. The molecule has 1 aromatic heterocycles. The van der Waals surface area contributed by atoms with Crippen LogP contribution in [0.25, 0.3) is 10.9 Å². The summed E-state index contributed by atoms with van der Waals surface area (Å²) in [5.41, 5.74) is 2.82. The van der Waals surface area contributed by atoms with Gasteiger partial charge in [0.2, 0.25) is 0 Å². The zero-order valence-corrected chi connectivity index (χ0v) is 17.1. The van der Waals surface area contributed by atoms with Crippen molar-refractivity contribution in [2.45, 2.75) is 37.7 Å². The van der Waals surface area contributed by atoms with Crippen molar-refractivity contribution in [3.05, 3.63) is 71.7 Å². The summed E-state index contributed by atoms with van der Waals surface area (Å²) in [7, 11) is 0. The Labute approximate surface area is 176 Å². The van der Waals surface area contributed by atoms with Gasteiger partial charge in [-0.15, -0.1) is 0 Å². The summed E-state index contributed by atoms with van der Waals surface area (Å²) >= 11 is 0. The van der Waals surface area contributed by atoms with Crippen molar-refractivity contribution in [1.82, 2.24) is 9.88 Å². The third kappa shape index (κ3) is 3.74. The van der Waals surface area contributed by atoms with Crippen molar-refractivity contribution in [2.24, 2.45) is 5.92 Å². The van der Waals surface area contributed by atoms with Gasteiger partial charge in [0.1, 0.15) is 5.82 Å². The summed E-state index contributed by atoms with van der Waals surface area (Å²) in [6, 6.07) is 14.7. The minimum Gasteiger partial charge on any atom is -0.375 e. The average molecular weight is 407 g/mol. The number of ether oxygens (including phenoxy) is 1. The molecular formula is C25H27FN2O2. The second-order valence-corrected chi connectivity index (χ2v) is 8.76. The fourth-order valence-electron chi connectivity index (χ4n) is 5.17. The lowest BCUT2D eigenvalue weighted by atomic mass is 9.77. The van der Waals surface area contributed by atoms with Crippen molar-refractivity contribution < 1.29 is 13.9 Å². The molecule has 0 aliphatic carbocycles. The van der Waals surface area contributed by atoms with Crippen LogP contribution in [0.15, 0.2) is 54.7 Å². The number of rotatable bonds is 3. The number of H-pyrrole nitrogens is 1. The zero-order chi connectivity index (χ0) is 20.6. The Bertz CT molecular complexity index is 1030. The molecule has 2 fully saturated rings. The first-order valence-corrected chi connectivity index (χ1v) is 10.9. The first-order chi connectivity index (χ1) is 14.6. The van der Waals surface area contributed by atoms with Gasteiger partial charge in [0.25, 0.3) is 5.91 Å². The standard InChI is InChI=1S/C25H27FN2O2/c26-20-6-4-18(5-7-20)16-19-9-15-30-25(17-19)10-13-28(14-11-25)24(29)22-2-1-3-23-21(22)8-12-27-23/h1-8,12,19,27H,9-11,13-17H2.